The fourth-order valence-corrected chi connectivity index (χ4v) is 2.40. The van der Waals surface area contributed by atoms with E-state index in [9.17, 15) is 0 Å². The molecule has 0 bridgehead atoms. The van der Waals surface area contributed by atoms with E-state index in [-0.39, 0.29) is 0 Å². The van der Waals surface area contributed by atoms with Crippen LogP contribution in [0.25, 0.3) is 5.69 Å². The number of benzene rings is 1. The highest BCUT2D eigenvalue weighted by atomic mass is 79.9. The highest BCUT2D eigenvalue weighted by molar-refractivity contribution is 9.10. The van der Waals surface area contributed by atoms with E-state index in [1.54, 1.807) is 0 Å². The molecule has 1 aromatic carbocycles. The summed E-state index contributed by atoms with van der Waals surface area (Å²) in [5, 5.41) is 3.32. The Kier molecular flexibility index (Phi) is 3.61. The largest absolute Gasteiger partial charge is 0.297 e. The van der Waals surface area contributed by atoms with Crippen LogP contribution in [-0.2, 0) is 6.42 Å². The van der Waals surface area contributed by atoms with Gasteiger partial charge in [0, 0.05) is 10.2 Å². The first-order chi connectivity index (χ1) is 7.72. The van der Waals surface area contributed by atoms with E-state index >= 15 is 0 Å². The zero-order chi connectivity index (χ0) is 11.5. The van der Waals surface area contributed by atoms with Gasteiger partial charge in [-0.05, 0) is 40.5 Å². The molecular formula is C12H13BrN2S. The quantitative estimate of drug-likeness (QED) is 0.840. The second-order valence-corrected chi connectivity index (χ2v) is 4.93. The molecule has 0 aliphatic carbocycles. The van der Waals surface area contributed by atoms with Gasteiger partial charge < -0.3 is 0 Å². The average molecular weight is 297 g/mol. The molecule has 84 valence electrons. The van der Waals surface area contributed by atoms with Crippen molar-refractivity contribution in [1.82, 2.24) is 9.78 Å². The Morgan fingerprint density at radius 2 is 2.12 bits per heavy atom. The smallest absolute Gasteiger partial charge is 0.128 e. The number of nitrogens with one attached hydrogen (secondary N) is 1. The lowest BCUT2D eigenvalue weighted by atomic mass is 10.3. The average Bonchev–Trinajstić information content (AvgIpc) is 2.61. The van der Waals surface area contributed by atoms with Gasteiger partial charge in [0.25, 0.3) is 0 Å². The summed E-state index contributed by atoms with van der Waals surface area (Å²) in [7, 11) is 0. The molecule has 1 heterocycles. The second-order valence-electron chi connectivity index (χ2n) is 3.66. The third-order valence-electron chi connectivity index (χ3n) is 2.39. The Balaban J connectivity index is 2.48. The van der Waals surface area contributed by atoms with Gasteiger partial charge in [-0.2, -0.15) is 0 Å². The Labute approximate surface area is 108 Å². The molecule has 0 saturated heterocycles. The van der Waals surface area contributed by atoms with Crippen LogP contribution in [0.3, 0.4) is 0 Å². The van der Waals surface area contributed by atoms with E-state index in [1.165, 1.54) is 5.69 Å². The van der Waals surface area contributed by atoms with Gasteiger partial charge in [-0.1, -0.05) is 37.7 Å². The predicted octanol–water partition coefficient (Wildman–Crippen LogP) is 4.25. The summed E-state index contributed by atoms with van der Waals surface area (Å²) in [5.41, 5.74) is 2.23. The van der Waals surface area contributed by atoms with E-state index in [0.29, 0.717) is 0 Å². The van der Waals surface area contributed by atoms with E-state index in [1.807, 2.05) is 35.0 Å². The first kappa shape index (κ1) is 11.6. The van der Waals surface area contributed by atoms with Crippen molar-refractivity contribution < 1.29 is 0 Å². The second kappa shape index (κ2) is 4.97. The molecule has 2 aromatic rings. The third kappa shape index (κ3) is 2.28. The molecule has 0 radical (unpaired) electrons. The molecule has 16 heavy (non-hydrogen) atoms. The number of aromatic nitrogens is 2. The number of H-pyrrole nitrogens is 1. The number of rotatable bonds is 3. The first-order valence-corrected chi connectivity index (χ1v) is 6.48. The van der Waals surface area contributed by atoms with Crippen LogP contribution in [0, 0.1) is 4.64 Å². The number of para-hydroxylation sites is 1. The van der Waals surface area contributed by atoms with Crippen molar-refractivity contribution in [1.29, 1.82) is 0 Å². The van der Waals surface area contributed by atoms with Gasteiger partial charge in [0.15, 0.2) is 0 Å². The van der Waals surface area contributed by atoms with E-state index < -0.39 is 0 Å². The summed E-state index contributed by atoms with van der Waals surface area (Å²) in [4.78, 5) is 0. The van der Waals surface area contributed by atoms with Crippen molar-refractivity contribution in [3.8, 4) is 5.69 Å². The van der Waals surface area contributed by atoms with Crippen LogP contribution in [0.15, 0.2) is 34.8 Å². The van der Waals surface area contributed by atoms with Crippen LogP contribution in [0.4, 0.5) is 0 Å². The standard InChI is InChI=1S/C12H13BrN2S/c1-2-5-9-8-12(16)15(14-9)11-7-4-3-6-10(11)13/h3-4,6-8,14H,2,5H2,1H3. The van der Waals surface area contributed by atoms with Crippen LogP contribution in [-0.4, -0.2) is 9.78 Å². The Morgan fingerprint density at radius 3 is 2.81 bits per heavy atom. The molecule has 2 nitrogen and oxygen atoms in total. The molecule has 0 saturated carbocycles. The third-order valence-corrected chi connectivity index (χ3v) is 3.36. The molecule has 1 N–H and O–H groups in total. The highest BCUT2D eigenvalue weighted by Crippen LogP contribution is 2.20. The summed E-state index contributed by atoms with van der Waals surface area (Å²) >= 11 is 8.87. The summed E-state index contributed by atoms with van der Waals surface area (Å²) in [5.74, 6) is 0. The maximum atomic E-state index is 5.34. The Morgan fingerprint density at radius 1 is 1.38 bits per heavy atom. The Hall–Kier alpha value is -0.870. The number of hydrogen-bond acceptors (Lipinski definition) is 1. The van der Waals surface area contributed by atoms with Crippen molar-refractivity contribution in [2.75, 3.05) is 0 Å². The maximum absolute atomic E-state index is 5.34. The molecule has 0 aliphatic heterocycles. The fraction of sp³-hybridized carbons (Fsp3) is 0.250. The summed E-state index contributed by atoms with van der Waals surface area (Å²) in [6.45, 7) is 2.16. The number of aromatic amines is 1. The minimum Gasteiger partial charge on any atom is -0.297 e. The lowest BCUT2D eigenvalue weighted by Gasteiger charge is -2.05. The van der Waals surface area contributed by atoms with Gasteiger partial charge in [0.05, 0.1) is 5.69 Å². The normalized spacial score (nSPS) is 10.6. The monoisotopic (exact) mass is 296 g/mol. The van der Waals surface area contributed by atoms with Crippen molar-refractivity contribution in [2.24, 2.45) is 0 Å². The van der Waals surface area contributed by atoms with Gasteiger partial charge in [0.2, 0.25) is 0 Å². The van der Waals surface area contributed by atoms with Crippen molar-refractivity contribution in [2.45, 2.75) is 19.8 Å². The minimum absolute atomic E-state index is 0.815. The molecular weight excluding hydrogens is 284 g/mol. The number of aryl methyl sites for hydroxylation is 1. The molecule has 2 rings (SSSR count). The fourth-order valence-electron chi connectivity index (χ4n) is 1.65. The van der Waals surface area contributed by atoms with Gasteiger partial charge in [-0.3, -0.25) is 5.10 Å². The molecule has 0 unspecified atom stereocenters. The highest BCUT2D eigenvalue weighted by Gasteiger charge is 2.04. The number of nitrogens with zero attached hydrogens (tertiary/aromatic N) is 1. The van der Waals surface area contributed by atoms with Crippen LogP contribution in [0.5, 0.6) is 0 Å². The topological polar surface area (TPSA) is 20.7 Å². The maximum Gasteiger partial charge on any atom is 0.128 e. The van der Waals surface area contributed by atoms with Crippen LogP contribution < -0.4 is 0 Å². The molecule has 4 heteroatoms. The lowest BCUT2D eigenvalue weighted by molar-refractivity contribution is 0.800. The summed E-state index contributed by atoms with van der Waals surface area (Å²) in [6.07, 6.45) is 2.15. The zero-order valence-corrected chi connectivity index (χ0v) is 11.4. The predicted molar refractivity (Wildman–Crippen MR) is 72.6 cm³/mol. The molecule has 0 fully saturated rings. The number of hydrogen-bond donors (Lipinski definition) is 1. The molecule has 0 atom stereocenters. The summed E-state index contributed by atoms with van der Waals surface area (Å²) < 4.78 is 3.79. The van der Waals surface area contributed by atoms with E-state index in [2.05, 4.69) is 28.0 Å². The van der Waals surface area contributed by atoms with E-state index in [4.69, 9.17) is 12.2 Å². The number of halogens is 1. The van der Waals surface area contributed by atoms with Gasteiger partial charge in [-0.15, -0.1) is 0 Å². The molecule has 1 aromatic heterocycles. The molecule has 0 amide bonds. The minimum atomic E-state index is 0.815. The van der Waals surface area contributed by atoms with Crippen LogP contribution >= 0.6 is 28.1 Å². The molecule has 0 spiro atoms. The van der Waals surface area contributed by atoms with Gasteiger partial charge >= 0.3 is 0 Å². The van der Waals surface area contributed by atoms with Gasteiger partial charge in [-0.25, -0.2) is 4.68 Å². The molecule has 0 aliphatic rings. The lowest BCUT2D eigenvalue weighted by Crippen LogP contribution is -1.98. The van der Waals surface area contributed by atoms with Crippen LogP contribution in [0.1, 0.15) is 19.0 Å². The van der Waals surface area contributed by atoms with E-state index in [0.717, 1.165) is 27.6 Å². The van der Waals surface area contributed by atoms with Crippen molar-refractivity contribution in [3.63, 3.8) is 0 Å². The van der Waals surface area contributed by atoms with Crippen molar-refractivity contribution >= 4 is 28.1 Å². The first-order valence-electron chi connectivity index (χ1n) is 5.28. The van der Waals surface area contributed by atoms with Crippen LogP contribution in [0.2, 0.25) is 0 Å². The Bertz CT molecular complexity index is 542. The zero-order valence-electron chi connectivity index (χ0n) is 9.03. The SMILES string of the molecule is CCCc1cc(=S)n(-c2ccccc2Br)[nH]1. The van der Waals surface area contributed by atoms with Crippen molar-refractivity contribution in [3.05, 3.63) is 45.1 Å². The van der Waals surface area contributed by atoms with Gasteiger partial charge in [0.1, 0.15) is 4.64 Å². The summed E-state index contributed by atoms with van der Waals surface area (Å²) in [6, 6.07) is 10.1.